The zero-order chi connectivity index (χ0) is 68.8. The lowest BCUT2D eigenvalue weighted by Crippen LogP contribution is -2.11. The molecule has 486 valence electrons. The summed E-state index contributed by atoms with van der Waals surface area (Å²) in [6.07, 6.45) is 0. The molecule has 0 aliphatic carbocycles. The predicted molar refractivity (Wildman–Crippen MR) is 428 cm³/mol. The molecule has 8 nitrogen and oxygen atoms in total. The first-order valence-electron chi connectivity index (χ1n) is 35.1. The third kappa shape index (κ3) is 10.1. The van der Waals surface area contributed by atoms with Crippen LogP contribution in [0.15, 0.2) is 373 Å². The second-order valence-electron chi connectivity index (χ2n) is 26.6. The van der Waals surface area contributed by atoms with Gasteiger partial charge in [-0.05, 0) is 146 Å². The molecule has 0 N–H and O–H groups in total. The Kier molecular flexibility index (Phi) is 14.2. The molecule has 5 heterocycles. The van der Waals surface area contributed by atoms with Gasteiger partial charge in [0.25, 0.3) is 0 Å². The van der Waals surface area contributed by atoms with Crippen LogP contribution in [0.5, 0.6) is 0 Å². The highest BCUT2D eigenvalue weighted by Crippen LogP contribution is 2.49. The molecule has 20 rings (SSSR count). The smallest absolute Gasteiger partial charge is 0.337 e. The molecule has 0 saturated carbocycles. The molecule has 104 heavy (non-hydrogen) atoms. The third-order valence-electron chi connectivity index (χ3n) is 20.5. The minimum Gasteiger partial charge on any atom is -0.420 e. The van der Waals surface area contributed by atoms with Gasteiger partial charge in [0.15, 0.2) is 23.1 Å². The van der Waals surface area contributed by atoms with Gasteiger partial charge in [-0.15, -0.1) is 0 Å². The van der Waals surface area contributed by atoms with E-state index in [4.69, 9.17) is 19.4 Å². The van der Waals surface area contributed by atoms with Gasteiger partial charge in [0.05, 0.1) is 55.5 Å². The molecule has 0 saturated heterocycles. The van der Waals surface area contributed by atoms with E-state index in [9.17, 15) is 0 Å². The quantitative estimate of drug-likeness (QED) is 0.114. The Hall–Kier alpha value is -14.1. The van der Waals surface area contributed by atoms with Crippen molar-refractivity contribution in [3.8, 4) is 118 Å². The van der Waals surface area contributed by atoms with Gasteiger partial charge in [0, 0.05) is 55.1 Å². The van der Waals surface area contributed by atoms with Gasteiger partial charge in [-0.1, -0.05) is 279 Å². The van der Waals surface area contributed by atoms with E-state index in [2.05, 4.69) is 311 Å². The fraction of sp³-hybridized carbons (Fsp3) is 0. The summed E-state index contributed by atoms with van der Waals surface area (Å²) in [7, 11) is 0. The Morgan fingerprint density at radius 3 is 0.760 bits per heavy atom. The van der Waals surface area contributed by atoms with Gasteiger partial charge in [-0.25, -0.2) is 19.7 Å². The summed E-state index contributed by atoms with van der Waals surface area (Å²) in [4.78, 5) is 32.0. The highest BCUT2D eigenvalue weighted by molar-refractivity contribution is 6.19. The van der Waals surface area contributed by atoms with Crippen LogP contribution in [0, 0.1) is 0 Å². The SMILES string of the molecule is O=c1cc(-c2nc(-c3ccccc3)nc(-c3ccccc3)n2)c2c(-n3c4ccc(-c5ccccc5)cc4c4cc(-c5ccccc5)ccc43)c(-n3c4ccc(-c5ccccc5)cc4c4cc(-c5ccccc5)ccc43)cc(-n3c4ccc(-c5ccccc5)cc4c4cc(-c5ccccc5)ccc43)c2o1. The molecule has 0 aliphatic heterocycles. The average molecular weight is 1330 g/mol. The summed E-state index contributed by atoms with van der Waals surface area (Å²) >= 11 is 0. The molecule has 20 aromatic rings. The van der Waals surface area contributed by atoms with E-state index >= 15 is 4.79 Å². The summed E-state index contributed by atoms with van der Waals surface area (Å²) in [6, 6.07) is 128. The molecule has 0 bridgehead atoms. The molecule has 0 aliphatic rings. The van der Waals surface area contributed by atoms with Crippen molar-refractivity contribution in [1.29, 1.82) is 0 Å². The molecule has 0 spiro atoms. The van der Waals surface area contributed by atoms with Crippen molar-refractivity contribution in [3.05, 3.63) is 374 Å². The Bertz CT molecular complexity index is 6470. The molecule has 15 aromatic carbocycles. The number of benzene rings is 15. The summed E-state index contributed by atoms with van der Waals surface area (Å²) in [5.74, 6) is 1.19. The van der Waals surface area contributed by atoms with Gasteiger partial charge in [-0.3, -0.25) is 0 Å². The molecule has 0 radical (unpaired) electrons. The standard InChI is InChI=1S/C96H60N6O2/c103-90-59-81(96-98-94(67-37-21-7-22-38-67)97-95(99-96)68-39-23-8-24-40-68)91-92(102-86-51-45-73(65-33-17-5-18-34-65)57-79(86)80-58-74(46-52-87(80)102)66-35-19-6-20-36-66)88(100-82-47-41-69(61-25-9-1-10-26-61)53-75(82)76-54-70(42-48-83(76)100)62-27-11-2-12-28-62)60-89(93(91)104-90)101-84-49-43-71(63-29-13-3-14-30-63)55-77(84)78-56-72(44-50-85(78)101)64-31-15-4-16-32-64/h1-60H. The van der Waals surface area contributed by atoms with Crippen molar-refractivity contribution in [2.24, 2.45) is 0 Å². The Labute approximate surface area is 598 Å². The van der Waals surface area contributed by atoms with Gasteiger partial charge in [0.2, 0.25) is 0 Å². The summed E-state index contributed by atoms with van der Waals surface area (Å²) in [5.41, 5.74) is 22.7. The number of fused-ring (bicyclic) bond motifs is 10. The normalized spacial score (nSPS) is 11.7. The van der Waals surface area contributed by atoms with Crippen LogP contribution in [0.25, 0.3) is 194 Å². The summed E-state index contributed by atoms with van der Waals surface area (Å²) in [6.45, 7) is 0. The van der Waals surface area contributed by atoms with Crippen molar-refractivity contribution in [2.45, 2.75) is 0 Å². The van der Waals surface area contributed by atoms with Crippen LogP contribution in [-0.2, 0) is 0 Å². The van der Waals surface area contributed by atoms with Gasteiger partial charge in [-0.2, -0.15) is 0 Å². The van der Waals surface area contributed by atoms with E-state index in [1.807, 2.05) is 60.7 Å². The highest BCUT2D eigenvalue weighted by atomic mass is 16.4. The second-order valence-corrected chi connectivity index (χ2v) is 26.6. The van der Waals surface area contributed by atoms with Gasteiger partial charge >= 0.3 is 5.63 Å². The fourth-order valence-electron chi connectivity index (χ4n) is 15.7. The van der Waals surface area contributed by atoms with Crippen LogP contribution < -0.4 is 5.63 Å². The molecule has 0 fully saturated rings. The lowest BCUT2D eigenvalue weighted by Gasteiger charge is -2.23. The first-order chi connectivity index (χ1) is 51.5. The fourth-order valence-corrected chi connectivity index (χ4v) is 15.7. The van der Waals surface area contributed by atoms with Crippen LogP contribution >= 0.6 is 0 Å². The molecule has 0 atom stereocenters. The number of hydrogen-bond acceptors (Lipinski definition) is 5. The average Bonchev–Trinajstić information content (AvgIpc) is 1.48. The van der Waals surface area contributed by atoms with Crippen molar-refractivity contribution in [1.82, 2.24) is 28.7 Å². The van der Waals surface area contributed by atoms with Crippen LogP contribution in [0.2, 0.25) is 0 Å². The first kappa shape index (κ1) is 59.9. The zero-order valence-corrected chi connectivity index (χ0v) is 56.1. The number of nitrogens with zero attached hydrogens (tertiary/aromatic N) is 6. The minimum absolute atomic E-state index is 0.294. The number of hydrogen-bond donors (Lipinski definition) is 0. The first-order valence-corrected chi connectivity index (χ1v) is 35.1. The predicted octanol–water partition coefficient (Wildman–Crippen LogP) is 24.3. The maximum Gasteiger partial charge on any atom is 0.337 e. The third-order valence-corrected chi connectivity index (χ3v) is 20.5. The maximum absolute atomic E-state index is 15.7. The van der Waals surface area contributed by atoms with E-state index in [1.54, 1.807) is 6.07 Å². The lowest BCUT2D eigenvalue weighted by atomic mass is 10.0. The van der Waals surface area contributed by atoms with Crippen LogP contribution in [-0.4, -0.2) is 28.7 Å². The second kappa shape index (κ2) is 24.7. The highest BCUT2D eigenvalue weighted by Gasteiger charge is 2.31. The topological polar surface area (TPSA) is 83.7 Å². The Morgan fingerprint density at radius 2 is 0.471 bits per heavy atom. The van der Waals surface area contributed by atoms with Crippen molar-refractivity contribution in [3.63, 3.8) is 0 Å². The van der Waals surface area contributed by atoms with E-state index < -0.39 is 5.63 Å². The van der Waals surface area contributed by atoms with Crippen molar-refractivity contribution in [2.75, 3.05) is 0 Å². The van der Waals surface area contributed by atoms with Crippen LogP contribution in [0.1, 0.15) is 0 Å². The molecule has 0 amide bonds. The van der Waals surface area contributed by atoms with Gasteiger partial charge < -0.3 is 18.1 Å². The Morgan fingerprint density at radius 1 is 0.221 bits per heavy atom. The lowest BCUT2D eigenvalue weighted by molar-refractivity contribution is 0.559. The van der Waals surface area contributed by atoms with E-state index in [-0.39, 0.29) is 0 Å². The minimum atomic E-state index is -0.574. The van der Waals surface area contributed by atoms with E-state index in [1.165, 1.54) is 0 Å². The molecule has 0 unspecified atom stereocenters. The maximum atomic E-state index is 15.7. The van der Waals surface area contributed by atoms with E-state index in [0.717, 1.165) is 155 Å². The molecular formula is C96H60N6O2. The monoisotopic (exact) mass is 1330 g/mol. The van der Waals surface area contributed by atoms with Crippen LogP contribution in [0.3, 0.4) is 0 Å². The van der Waals surface area contributed by atoms with Gasteiger partial charge in [0.1, 0.15) is 0 Å². The zero-order valence-electron chi connectivity index (χ0n) is 56.1. The number of rotatable bonds is 12. The largest absolute Gasteiger partial charge is 0.420 e. The van der Waals surface area contributed by atoms with Crippen LogP contribution in [0.4, 0.5) is 0 Å². The Balaban J connectivity index is 1.01. The molecule has 5 aromatic heterocycles. The summed E-state index contributed by atoms with van der Waals surface area (Å²) in [5, 5.41) is 6.85. The number of aromatic nitrogens is 6. The van der Waals surface area contributed by atoms with Crippen molar-refractivity contribution < 1.29 is 4.42 Å². The van der Waals surface area contributed by atoms with E-state index in [0.29, 0.717) is 39.7 Å². The summed E-state index contributed by atoms with van der Waals surface area (Å²) < 4.78 is 14.4. The molecule has 8 heteroatoms. The molecular weight excluding hydrogens is 1270 g/mol. The van der Waals surface area contributed by atoms with Crippen molar-refractivity contribution >= 4 is 76.4 Å².